The number of esters is 1. The molecule has 0 saturated heterocycles. The summed E-state index contributed by atoms with van der Waals surface area (Å²) in [6.07, 6.45) is 0. The van der Waals surface area contributed by atoms with E-state index in [9.17, 15) is 4.79 Å². The summed E-state index contributed by atoms with van der Waals surface area (Å²) in [5, 5.41) is 0.405. The molecule has 0 bridgehead atoms. The Morgan fingerprint density at radius 1 is 1.17 bits per heavy atom. The number of hydrogen-bond acceptors (Lipinski definition) is 2. The second-order valence-electron chi connectivity index (χ2n) is 4.00. The highest BCUT2D eigenvalue weighted by Crippen LogP contribution is 2.28. The number of carbonyl (C=O) groups is 1. The summed E-state index contributed by atoms with van der Waals surface area (Å²) >= 11 is 6.10. The topological polar surface area (TPSA) is 26.3 Å². The Morgan fingerprint density at radius 3 is 2.50 bits per heavy atom. The van der Waals surface area contributed by atoms with Crippen LogP contribution in [0.1, 0.15) is 15.9 Å². The Kier molecular flexibility index (Phi) is 3.68. The monoisotopic (exact) mass is 260 g/mol. The Bertz CT molecular complexity index is 591. The third kappa shape index (κ3) is 2.39. The lowest BCUT2D eigenvalue weighted by molar-refractivity contribution is 0.0601. The Morgan fingerprint density at radius 2 is 1.89 bits per heavy atom. The van der Waals surface area contributed by atoms with Crippen LogP contribution in [-0.4, -0.2) is 13.1 Å². The van der Waals surface area contributed by atoms with Gasteiger partial charge in [0.15, 0.2) is 0 Å². The zero-order chi connectivity index (χ0) is 13.1. The third-order valence-corrected chi connectivity index (χ3v) is 3.14. The van der Waals surface area contributed by atoms with Crippen LogP contribution in [0.2, 0.25) is 5.02 Å². The largest absolute Gasteiger partial charge is 0.465 e. The van der Waals surface area contributed by atoms with Gasteiger partial charge >= 0.3 is 5.97 Å². The average molecular weight is 261 g/mol. The number of halogens is 1. The smallest absolute Gasteiger partial charge is 0.339 e. The van der Waals surface area contributed by atoms with Gasteiger partial charge in [0.25, 0.3) is 0 Å². The van der Waals surface area contributed by atoms with Gasteiger partial charge in [-0.05, 0) is 35.7 Å². The standard InChI is InChI=1S/C15H13ClO2/c1-10-5-3-4-6-12(10)11-7-8-13(14(16)9-11)15(17)18-2/h3-9H,1-2H3. The summed E-state index contributed by atoms with van der Waals surface area (Å²) in [4.78, 5) is 11.4. The number of methoxy groups -OCH3 is 1. The SMILES string of the molecule is COC(=O)c1ccc(-c2ccccc2C)cc1Cl. The summed E-state index contributed by atoms with van der Waals surface area (Å²) in [6.45, 7) is 2.04. The molecule has 0 radical (unpaired) electrons. The molecule has 92 valence electrons. The minimum absolute atomic E-state index is 0.386. The van der Waals surface area contributed by atoms with Crippen molar-refractivity contribution in [1.29, 1.82) is 0 Å². The molecule has 2 rings (SSSR count). The van der Waals surface area contributed by atoms with Crippen molar-refractivity contribution in [2.24, 2.45) is 0 Å². The van der Waals surface area contributed by atoms with Crippen LogP contribution in [-0.2, 0) is 4.74 Å². The van der Waals surface area contributed by atoms with Crippen LogP contribution in [0.25, 0.3) is 11.1 Å². The number of carbonyl (C=O) groups excluding carboxylic acids is 1. The van der Waals surface area contributed by atoms with Gasteiger partial charge in [0, 0.05) is 0 Å². The molecule has 18 heavy (non-hydrogen) atoms. The fraction of sp³-hybridized carbons (Fsp3) is 0.133. The normalized spacial score (nSPS) is 10.2. The van der Waals surface area contributed by atoms with E-state index >= 15 is 0 Å². The molecule has 3 heteroatoms. The third-order valence-electron chi connectivity index (χ3n) is 2.83. The number of aryl methyl sites for hydroxylation is 1. The molecule has 0 unspecified atom stereocenters. The fourth-order valence-corrected chi connectivity index (χ4v) is 2.11. The van der Waals surface area contributed by atoms with Gasteiger partial charge in [-0.2, -0.15) is 0 Å². The maximum absolute atomic E-state index is 11.4. The molecule has 0 atom stereocenters. The molecule has 0 fully saturated rings. The van der Waals surface area contributed by atoms with Gasteiger partial charge in [-0.25, -0.2) is 4.79 Å². The second-order valence-corrected chi connectivity index (χ2v) is 4.41. The average Bonchev–Trinajstić information content (AvgIpc) is 2.38. The summed E-state index contributed by atoms with van der Waals surface area (Å²) < 4.78 is 4.66. The number of rotatable bonds is 2. The van der Waals surface area contributed by atoms with E-state index in [-0.39, 0.29) is 0 Å². The number of ether oxygens (including phenoxy) is 1. The van der Waals surface area contributed by atoms with E-state index in [1.165, 1.54) is 12.7 Å². The van der Waals surface area contributed by atoms with Crippen molar-refractivity contribution >= 4 is 17.6 Å². The Labute approximate surface area is 111 Å². The van der Waals surface area contributed by atoms with E-state index in [0.717, 1.165) is 11.1 Å². The van der Waals surface area contributed by atoms with Crippen LogP contribution in [0.5, 0.6) is 0 Å². The molecule has 0 aliphatic carbocycles. The highest BCUT2D eigenvalue weighted by molar-refractivity contribution is 6.33. The number of benzene rings is 2. The molecule has 0 aliphatic heterocycles. The molecule has 0 aromatic heterocycles. The molecule has 0 amide bonds. The van der Waals surface area contributed by atoms with E-state index in [1.54, 1.807) is 12.1 Å². The van der Waals surface area contributed by atoms with E-state index in [0.29, 0.717) is 10.6 Å². The predicted molar refractivity (Wildman–Crippen MR) is 73.0 cm³/mol. The molecule has 0 saturated carbocycles. The summed E-state index contributed by atoms with van der Waals surface area (Å²) in [6, 6.07) is 13.4. The molecule has 2 nitrogen and oxygen atoms in total. The second kappa shape index (κ2) is 5.23. The Hall–Kier alpha value is -1.80. The van der Waals surface area contributed by atoms with Crippen molar-refractivity contribution in [2.75, 3.05) is 7.11 Å². The molecule has 0 aliphatic rings. The minimum Gasteiger partial charge on any atom is -0.465 e. The highest BCUT2D eigenvalue weighted by atomic mass is 35.5. The lowest BCUT2D eigenvalue weighted by atomic mass is 9.99. The summed E-state index contributed by atoms with van der Waals surface area (Å²) in [7, 11) is 1.34. The summed E-state index contributed by atoms with van der Waals surface area (Å²) in [5.41, 5.74) is 3.65. The molecule has 2 aromatic rings. The predicted octanol–water partition coefficient (Wildman–Crippen LogP) is 4.10. The number of hydrogen-bond donors (Lipinski definition) is 0. The molecular formula is C15H13ClO2. The van der Waals surface area contributed by atoms with E-state index < -0.39 is 5.97 Å². The van der Waals surface area contributed by atoms with Gasteiger partial charge in [0.1, 0.15) is 0 Å². The van der Waals surface area contributed by atoms with Crippen molar-refractivity contribution in [3.05, 3.63) is 58.6 Å². The summed E-state index contributed by atoms with van der Waals surface area (Å²) in [5.74, 6) is -0.420. The van der Waals surface area contributed by atoms with E-state index in [2.05, 4.69) is 4.74 Å². The molecule has 0 N–H and O–H groups in total. The van der Waals surface area contributed by atoms with E-state index in [4.69, 9.17) is 11.6 Å². The first-order valence-corrected chi connectivity index (χ1v) is 5.95. The van der Waals surface area contributed by atoms with Gasteiger partial charge in [0.2, 0.25) is 0 Å². The lowest BCUT2D eigenvalue weighted by Crippen LogP contribution is -2.01. The minimum atomic E-state index is -0.420. The van der Waals surface area contributed by atoms with E-state index in [1.807, 2.05) is 37.3 Å². The first-order valence-electron chi connectivity index (χ1n) is 5.57. The highest BCUT2D eigenvalue weighted by Gasteiger charge is 2.11. The molecule has 2 aromatic carbocycles. The van der Waals surface area contributed by atoms with Crippen molar-refractivity contribution in [2.45, 2.75) is 6.92 Å². The zero-order valence-electron chi connectivity index (χ0n) is 10.2. The van der Waals surface area contributed by atoms with Crippen LogP contribution < -0.4 is 0 Å². The Balaban J connectivity index is 2.47. The van der Waals surface area contributed by atoms with Crippen molar-refractivity contribution in [3.8, 4) is 11.1 Å². The van der Waals surface area contributed by atoms with Gasteiger partial charge in [-0.3, -0.25) is 0 Å². The first-order chi connectivity index (χ1) is 8.63. The maximum atomic E-state index is 11.4. The van der Waals surface area contributed by atoms with Crippen molar-refractivity contribution in [3.63, 3.8) is 0 Å². The van der Waals surface area contributed by atoms with Crippen LogP contribution in [0.4, 0.5) is 0 Å². The lowest BCUT2D eigenvalue weighted by Gasteiger charge is -2.08. The maximum Gasteiger partial charge on any atom is 0.339 e. The van der Waals surface area contributed by atoms with Gasteiger partial charge < -0.3 is 4.74 Å². The van der Waals surface area contributed by atoms with Crippen LogP contribution in [0, 0.1) is 6.92 Å². The van der Waals surface area contributed by atoms with Crippen LogP contribution >= 0.6 is 11.6 Å². The van der Waals surface area contributed by atoms with Gasteiger partial charge in [0.05, 0.1) is 17.7 Å². The van der Waals surface area contributed by atoms with Crippen LogP contribution in [0.3, 0.4) is 0 Å². The van der Waals surface area contributed by atoms with Crippen molar-refractivity contribution in [1.82, 2.24) is 0 Å². The fourth-order valence-electron chi connectivity index (χ4n) is 1.85. The quantitative estimate of drug-likeness (QED) is 0.760. The zero-order valence-corrected chi connectivity index (χ0v) is 11.0. The molecule has 0 spiro atoms. The van der Waals surface area contributed by atoms with Gasteiger partial charge in [-0.15, -0.1) is 0 Å². The molecule has 0 heterocycles. The van der Waals surface area contributed by atoms with Crippen LogP contribution in [0.15, 0.2) is 42.5 Å². The molecular weight excluding hydrogens is 248 g/mol. The van der Waals surface area contributed by atoms with Gasteiger partial charge in [-0.1, -0.05) is 41.9 Å². The van der Waals surface area contributed by atoms with Crippen molar-refractivity contribution < 1.29 is 9.53 Å². The first kappa shape index (κ1) is 12.7.